The molecule has 2 aromatic rings. The van der Waals surface area contributed by atoms with Crippen LogP contribution in [0.1, 0.15) is 37.1 Å². The summed E-state index contributed by atoms with van der Waals surface area (Å²) in [6.45, 7) is 2.26. The Kier molecular flexibility index (Phi) is 4.60. The number of benzene rings is 1. The molecule has 5 heteroatoms. The Morgan fingerprint density at radius 3 is 2.42 bits per heavy atom. The maximum atomic E-state index is 12.6. The van der Waals surface area contributed by atoms with Crippen molar-refractivity contribution < 1.29 is 9.59 Å². The molecule has 1 unspecified atom stereocenters. The van der Waals surface area contributed by atoms with Crippen molar-refractivity contribution in [2.75, 3.05) is 0 Å². The second-order valence-corrected chi connectivity index (χ2v) is 6.19. The summed E-state index contributed by atoms with van der Waals surface area (Å²) in [7, 11) is 0. The van der Waals surface area contributed by atoms with E-state index in [4.69, 9.17) is 0 Å². The van der Waals surface area contributed by atoms with Crippen LogP contribution in [0, 0.1) is 5.41 Å². The lowest BCUT2D eigenvalue weighted by Gasteiger charge is -2.19. The molecule has 1 saturated carbocycles. The summed E-state index contributed by atoms with van der Waals surface area (Å²) >= 11 is 0. The number of amides is 2. The highest BCUT2D eigenvalue weighted by atomic mass is 16.2. The van der Waals surface area contributed by atoms with Crippen LogP contribution in [0.25, 0.3) is 0 Å². The molecule has 2 N–H and O–H groups in total. The van der Waals surface area contributed by atoms with E-state index in [1.165, 1.54) is 0 Å². The summed E-state index contributed by atoms with van der Waals surface area (Å²) in [6, 6.07) is 15.1. The van der Waals surface area contributed by atoms with Gasteiger partial charge in [0, 0.05) is 6.20 Å². The van der Waals surface area contributed by atoms with Gasteiger partial charge in [0.05, 0.1) is 18.3 Å². The molecule has 1 aromatic heterocycles. The van der Waals surface area contributed by atoms with Gasteiger partial charge in [-0.15, -0.1) is 0 Å². The first-order valence-electron chi connectivity index (χ1n) is 8.16. The summed E-state index contributed by atoms with van der Waals surface area (Å²) < 4.78 is 0. The van der Waals surface area contributed by atoms with Crippen LogP contribution in [0.2, 0.25) is 0 Å². The lowest BCUT2D eigenvalue weighted by molar-refractivity contribution is -0.137. The molecule has 0 aliphatic heterocycles. The van der Waals surface area contributed by atoms with Crippen molar-refractivity contribution in [2.45, 2.75) is 32.4 Å². The van der Waals surface area contributed by atoms with E-state index in [1.807, 2.05) is 55.5 Å². The Morgan fingerprint density at radius 1 is 1.08 bits per heavy atom. The van der Waals surface area contributed by atoms with E-state index in [0.29, 0.717) is 19.4 Å². The molecule has 1 heterocycles. The molecule has 5 nitrogen and oxygen atoms in total. The number of hydrogen-bond acceptors (Lipinski definition) is 3. The molecular formula is C19H21N3O2. The zero-order valence-electron chi connectivity index (χ0n) is 13.7. The van der Waals surface area contributed by atoms with Crippen LogP contribution >= 0.6 is 0 Å². The molecule has 1 aromatic carbocycles. The van der Waals surface area contributed by atoms with Gasteiger partial charge < -0.3 is 10.6 Å². The highest BCUT2D eigenvalue weighted by Crippen LogP contribution is 2.46. The minimum Gasteiger partial charge on any atom is -0.350 e. The summed E-state index contributed by atoms with van der Waals surface area (Å²) in [5.74, 6) is -0.414. The average Bonchev–Trinajstić information content (AvgIpc) is 3.43. The zero-order chi connectivity index (χ0) is 17.0. The van der Waals surface area contributed by atoms with Crippen molar-refractivity contribution in [3.63, 3.8) is 0 Å². The third-order valence-corrected chi connectivity index (χ3v) is 4.42. The third kappa shape index (κ3) is 3.45. The highest BCUT2D eigenvalue weighted by Gasteiger charge is 2.56. The second-order valence-electron chi connectivity index (χ2n) is 6.19. The Balaban J connectivity index is 1.58. The third-order valence-electron chi connectivity index (χ3n) is 4.42. The SMILES string of the molecule is CC(NC(=O)C1(C(=O)NCc2ccccn2)CC1)c1ccccc1. The summed E-state index contributed by atoms with van der Waals surface area (Å²) in [4.78, 5) is 29.2. The fourth-order valence-electron chi connectivity index (χ4n) is 2.68. The number of pyridine rings is 1. The van der Waals surface area contributed by atoms with E-state index in [-0.39, 0.29) is 17.9 Å². The Hall–Kier alpha value is -2.69. The fraction of sp³-hybridized carbons (Fsp3) is 0.316. The highest BCUT2D eigenvalue weighted by molar-refractivity contribution is 6.07. The molecule has 0 saturated heterocycles. The van der Waals surface area contributed by atoms with Crippen LogP contribution in [0.3, 0.4) is 0 Å². The number of nitrogens with one attached hydrogen (secondary N) is 2. The first kappa shape index (κ1) is 16.2. The molecule has 0 spiro atoms. The molecule has 1 fully saturated rings. The van der Waals surface area contributed by atoms with Gasteiger partial charge >= 0.3 is 0 Å². The van der Waals surface area contributed by atoms with Gasteiger partial charge in [0.2, 0.25) is 11.8 Å². The van der Waals surface area contributed by atoms with Crippen LogP contribution in [0.4, 0.5) is 0 Å². The van der Waals surface area contributed by atoms with Crippen molar-refractivity contribution in [3.05, 3.63) is 66.0 Å². The number of nitrogens with zero attached hydrogens (tertiary/aromatic N) is 1. The standard InChI is InChI=1S/C19H21N3O2/c1-14(15-7-3-2-4-8-15)22-18(24)19(10-11-19)17(23)21-13-16-9-5-6-12-20-16/h2-9,12,14H,10-11,13H2,1H3,(H,21,23)(H,22,24). The Labute approximate surface area is 141 Å². The molecule has 1 aliphatic carbocycles. The summed E-state index contributed by atoms with van der Waals surface area (Å²) in [6.07, 6.45) is 2.87. The van der Waals surface area contributed by atoms with Crippen LogP contribution in [0.5, 0.6) is 0 Å². The van der Waals surface area contributed by atoms with Crippen molar-refractivity contribution in [1.82, 2.24) is 15.6 Å². The van der Waals surface area contributed by atoms with E-state index >= 15 is 0 Å². The maximum Gasteiger partial charge on any atom is 0.236 e. The van der Waals surface area contributed by atoms with Crippen molar-refractivity contribution >= 4 is 11.8 Å². The van der Waals surface area contributed by atoms with Crippen molar-refractivity contribution in [3.8, 4) is 0 Å². The molecule has 1 aliphatic rings. The van der Waals surface area contributed by atoms with Crippen LogP contribution in [-0.2, 0) is 16.1 Å². The van der Waals surface area contributed by atoms with Gasteiger partial charge in [0.1, 0.15) is 5.41 Å². The fourth-order valence-corrected chi connectivity index (χ4v) is 2.68. The van der Waals surface area contributed by atoms with E-state index in [2.05, 4.69) is 15.6 Å². The minimum absolute atomic E-state index is 0.125. The van der Waals surface area contributed by atoms with Crippen LogP contribution < -0.4 is 10.6 Å². The van der Waals surface area contributed by atoms with Gasteiger partial charge in [-0.2, -0.15) is 0 Å². The van der Waals surface area contributed by atoms with Crippen LogP contribution in [-0.4, -0.2) is 16.8 Å². The number of aromatic nitrogens is 1. The normalized spacial score (nSPS) is 16.0. The van der Waals surface area contributed by atoms with Crippen molar-refractivity contribution in [1.29, 1.82) is 0 Å². The van der Waals surface area contributed by atoms with E-state index in [9.17, 15) is 9.59 Å². The second kappa shape index (κ2) is 6.83. The predicted octanol–water partition coefficient (Wildman–Crippen LogP) is 2.36. The van der Waals surface area contributed by atoms with Gasteiger partial charge in [-0.3, -0.25) is 14.6 Å². The maximum absolute atomic E-state index is 12.6. The van der Waals surface area contributed by atoms with E-state index in [1.54, 1.807) is 6.20 Å². The largest absolute Gasteiger partial charge is 0.350 e. The molecule has 2 amide bonds. The monoisotopic (exact) mass is 323 g/mol. The number of carbonyl (C=O) groups excluding carboxylic acids is 2. The molecule has 124 valence electrons. The number of hydrogen-bond donors (Lipinski definition) is 2. The van der Waals surface area contributed by atoms with E-state index < -0.39 is 5.41 Å². The summed E-state index contributed by atoms with van der Waals surface area (Å²) in [5.41, 5.74) is 0.882. The van der Waals surface area contributed by atoms with Gasteiger partial charge in [0.25, 0.3) is 0 Å². The number of rotatable bonds is 6. The lowest BCUT2D eigenvalue weighted by Crippen LogP contribution is -2.43. The van der Waals surface area contributed by atoms with Gasteiger partial charge in [-0.05, 0) is 37.5 Å². The molecule has 1 atom stereocenters. The van der Waals surface area contributed by atoms with Gasteiger partial charge in [-0.25, -0.2) is 0 Å². The van der Waals surface area contributed by atoms with Gasteiger partial charge in [-0.1, -0.05) is 36.4 Å². The minimum atomic E-state index is -0.919. The average molecular weight is 323 g/mol. The van der Waals surface area contributed by atoms with Gasteiger partial charge in [0.15, 0.2) is 0 Å². The summed E-state index contributed by atoms with van der Waals surface area (Å²) in [5, 5.41) is 5.80. The topological polar surface area (TPSA) is 71.1 Å². The van der Waals surface area contributed by atoms with Crippen molar-refractivity contribution in [2.24, 2.45) is 5.41 Å². The molecule has 0 bridgehead atoms. The van der Waals surface area contributed by atoms with Crippen LogP contribution in [0.15, 0.2) is 54.7 Å². The zero-order valence-corrected chi connectivity index (χ0v) is 13.7. The quantitative estimate of drug-likeness (QED) is 0.802. The first-order chi connectivity index (χ1) is 11.6. The van der Waals surface area contributed by atoms with E-state index in [0.717, 1.165) is 11.3 Å². The molecule has 24 heavy (non-hydrogen) atoms. The smallest absolute Gasteiger partial charge is 0.236 e. The predicted molar refractivity (Wildman–Crippen MR) is 90.8 cm³/mol. The number of carbonyl (C=O) groups is 2. The first-order valence-corrected chi connectivity index (χ1v) is 8.16. The molecule has 0 radical (unpaired) electrons. The lowest BCUT2D eigenvalue weighted by atomic mass is 10.0. The molecular weight excluding hydrogens is 302 g/mol. The Morgan fingerprint density at radius 2 is 1.79 bits per heavy atom. The molecule has 3 rings (SSSR count). The Bertz CT molecular complexity index is 712.